The minimum Gasteiger partial charge on any atom is -0.412 e. The summed E-state index contributed by atoms with van der Waals surface area (Å²) >= 11 is 0. The zero-order valence-corrected chi connectivity index (χ0v) is 15.7. The van der Waals surface area contributed by atoms with Crippen LogP contribution in [-0.4, -0.2) is 5.48 Å². The first-order valence-corrected chi connectivity index (χ1v) is 9.39. The molecule has 24 heavy (non-hydrogen) atoms. The molecule has 2 nitrogen and oxygen atoms in total. The second kappa shape index (κ2) is 10.5. The van der Waals surface area contributed by atoms with Gasteiger partial charge in [0.1, 0.15) is 0 Å². The number of fused-ring (bicyclic) bond motifs is 1. The van der Waals surface area contributed by atoms with Crippen LogP contribution >= 0.6 is 0 Å². The molecule has 0 radical (unpaired) electrons. The maximum Gasteiger partial charge on any atom is 0.0303 e. The van der Waals surface area contributed by atoms with Gasteiger partial charge in [-0.25, -0.2) is 0 Å². The van der Waals surface area contributed by atoms with Gasteiger partial charge in [-0.15, -0.1) is 0 Å². The number of aryl methyl sites for hydroxylation is 1. The molecule has 0 aliphatic heterocycles. The van der Waals surface area contributed by atoms with Crippen LogP contribution in [0, 0.1) is 13.8 Å². The highest BCUT2D eigenvalue weighted by Crippen LogP contribution is 2.31. The molecule has 0 aliphatic carbocycles. The van der Waals surface area contributed by atoms with Crippen molar-refractivity contribution in [3.63, 3.8) is 0 Å². The number of rotatable bonds is 9. The van der Waals surface area contributed by atoms with E-state index in [0.29, 0.717) is 0 Å². The molecule has 0 amide bonds. The van der Waals surface area contributed by atoms with Crippen LogP contribution in [0.4, 0.5) is 0 Å². The van der Waals surface area contributed by atoms with E-state index < -0.39 is 0 Å². The Labute approximate surface area is 147 Å². The van der Waals surface area contributed by atoms with Crippen molar-refractivity contribution in [2.24, 2.45) is 5.73 Å². The first kappa shape index (κ1) is 20.7. The highest BCUT2D eigenvalue weighted by Gasteiger charge is 2.14. The molecule has 0 spiro atoms. The van der Waals surface area contributed by atoms with Gasteiger partial charge < -0.3 is 11.2 Å². The summed E-state index contributed by atoms with van der Waals surface area (Å²) in [5.74, 6) is 0. The second-order valence-electron chi connectivity index (χ2n) is 6.97. The predicted octanol–water partition coefficient (Wildman–Crippen LogP) is 5.77. The lowest BCUT2D eigenvalue weighted by molar-refractivity contribution is 0.541. The van der Waals surface area contributed by atoms with Crippen LogP contribution in [0.15, 0.2) is 30.3 Å². The molecule has 1 unspecified atom stereocenters. The molecule has 1 atom stereocenters. The number of unbranched alkanes of at least 4 members (excludes halogenated alkanes) is 6. The SMILES string of the molecule is CCCCCCCCCC(N)c1c(C)c(C)cc2ccccc12.O. The van der Waals surface area contributed by atoms with E-state index in [1.807, 2.05) is 0 Å². The Bertz CT molecular complexity index is 621. The zero-order chi connectivity index (χ0) is 16.7. The zero-order valence-electron chi connectivity index (χ0n) is 15.7. The summed E-state index contributed by atoms with van der Waals surface area (Å²) in [5, 5.41) is 2.66. The first-order chi connectivity index (χ1) is 11.1. The van der Waals surface area contributed by atoms with E-state index >= 15 is 0 Å². The van der Waals surface area contributed by atoms with Crippen molar-refractivity contribution in [1.82, 2.24) is 0 Å². The Morgan fingerprint density at radius 1 is 0.917 bits per heavy atom. The highest BCUT2D eigenvalue weighted by molar-refractivity contribution is 5.88. The lowest BCUT2D eigenvalue weighted by Gasteiger charge is -2.19. The van der Waals surface area contributed by atoms with Crippen LogP contribution < -0.4 is 5.73 Å². The van der Waals surface area contributed by atoms with Crippen LogP contribution in [0.2, 0.25) is 0 Å². The normalized spacial score (nSPS) is 12.2. The van der Waals surface area contributed by atoms with E-state index in [4.69, 9.17) is 5.73 Å². The summed E-state index contributed by atoms with van der Waals surface area (Å²) in [7, 11) is 0. The van der Waals surface area contributed by atoms with Gasteiger partial charge in [0.25, 0.3) is 0 Å². The molecule has 2 rings (SSSR count). The molecule has 2 heteroatoms. The van der Waals surface area contributed by atoms with Crippen molar-refractivity contribution >= 4 is 10.8 Å². The predicted molar refractivity (Wildman–Crippen MR) is 107 cm³/mol. The Morgan fingerprint density at radius 2 is 1.54 bits per heavy atom. The van der Waals surface area contributed by atoms with Crippen molar-refractivity contribution in [3.05, 3.63) is 47.0 Å². The molecule has 134 valence electrons. The molecule has 2 aromatic carbocycles. The van der Waals surface area contributed by atoms with Crippen molar-refractivity contribution in [2.45, 2.75) is 78.2 Å². The smallest absolute Gasteiger partial charge is 0.0303 e. The van der Waals surface area contributed by atoms with Crippen LogP contribution in [0.3, 0.4) is 0 Å². The van der Waals surface area contributed by atoms with Gasteiger partial charge in [0, 0.05) is 6.04 Å². The largest absolute Gasteiger partial charge is 0.412 e. The number of benzene rings is 2. The summed E-state index contributed by atoms with van der Waals surface area (Å²) in [6.07, 6.45) is 10.5. The minimum absolute atomic E-state index is 0. The molecule has 0 saturated carbocycles. The van der Waals surface area contributed by atoms with Crippen LogP contribution in [-0.2, 0) is 0 Å². The van der Waals surface area contributed by atoms with Crippen LogP contribution in [0.25, 0.3) is 10.8 Å². The third-order valence-corrected chi connectivity index (χ3v) is 5.11. The topological polar surface area (TPSA) is 57.5 Å². The Morgan fingerprint density at radius 3 is 2.25 bits per heavy atom. The molecule has 0 fully saturated rings. The summed E-state index contributed by atoms with van der Waals surface area (Å²) in [6.45, 7) is 6.70. The molecule has 0 aromatic heterocycles. The maximum atomic E-state index is 6.59. The van der Waals surface area contributed by atoms with Gasteiger partial charge in [0.2, 0.25) is 0 Å². The van der Waals surface area contributed by atoms with E-state index in [-0.39, 0.29) is 11.5 Å². The third-order valence-electron chi connectivity index (χ3n) is 5.11. The maximum absolute atomic E-state index is 6.59. The molecule has 0 aliphatic rings. The first-order valence-electron chi connectivity index (χ1n) is 9.39. The Balaban J connectivity index is 0.00000288. The van der Waals surface area contributed by atoms with Crippen LogP contribution in [0.5, 0.6) is 0 Å². The fourth-order valence-corrected chi connectivity index (χ4v) is 3.57. The fourth-order valence-electron chi connectivity index (χ4n) is 3.57. The van der Waals surface area contributed by atoms with E-state index in [0.717, 1.165) is 6.42 Å². The number of hydrogen-bond acceptors (Lipinski definition) is 1. The van der Waals surface area contributed by atoms with Crippen molar-refractivity contribution in [3.8, 4) is 0 Å². The van der Waals surface area contributed by atoms with Gasteiger partial charge in [-0.1, -0.05) is 82.2 Å². The van der Waals surface area contributed by atoms with Crippen molar-refractivity contribution in [1.29, 1.82) is 0 Å². The molecule has 0 bridgehead atoms. The van der Waals surface area contributed by atoms with Gasteiger partial charge in [-0.2, -0.15) is 0 Å². The van der Waals surface area contributed by atoms with E-state index in [1.165, 1.54) is 72.4 Å². The average molecular weight is 330 g/mol. The van der Waals surface area contributed by atoms with Gasteiger partial charge in [0.05, 0.1) is 0 Å². The molecular formula is C22H35NO. The third kappa shape index (κ3) is 5.32. The number of nitrogens with two attached hydrogens (primary N) is 1. The highest BCUT2D eigenvalue weighted by atomic mass is 16.0. The van der Waals surface area contributed by atoms with Crippen molar-refractivity contribution < 1.29 is 5.48 Å². The fraction of sp³-hybridized carbons (Fsp3) is 0.545. The molecule has 0 saturated heterocycles. The van der Waals surface area contributed by atoms with Gasteiger partial charge >= 0.3 is 0 Å². The van der Waals surface area contributed by atoms with E-state index in [1.54, 1.807) is 0 Å². The molecular weight excluding hydrogens is 294 g/mol. The average Bonchev–Trinajstić information content (AvgIpc) is 2.55. The van der Waals surface area contributed by atoms with Crippen molar-refractivity contribution in [2.75, 3.05) is 0 Å². The van der Waals surface area contributed by atoms with E-state index in [9.17, 15) is 0 Å². The molecule has 4 N–H and O–H groups in total. The lowest BCUT2D eigenvalue weighted by Crippen LogP contribution is -2.13. The van der Waals surface area contributed by atoms with E-state index in [2.05, 4.69) is 51.1 Å². The van der Waals surface area contributed by atoms with Crippen LogP contribution in [0.1, 0.15) is 81.0 Å². The summed E-state index contributed by atoms with van der Waals surface area (Å²) < 4.78 is 0. The summed E-state index contributed by atoms with van der Waals surface area (Å²) in [4.78, 5) is 0. The quantitative estimate of drug-likeness (QED) is 0.583. The lowest BCUT2D eigenvalue weighted by atomic mass is 9.89. The molecule has 0 heterocycles. The van der Waals surface area contributed by atoms with Gasteiger partial charge in [-0.05, 0) is 47.7 Å². The van der Waals surface area contributed by atoms with Gasteiger partial charge in [-0.3, -0.25) is 0 Å². The standard InChI is InChI=1S/C22H33N.H2O/c1-4-5-6-7-8-9-10-15-21(23)22-18(3)17(2)16-19-13-11-12-14-20(19)22;/h11-14,16,21H,4-10,15,23H2,1-3H3;1H2. The summed E-state index contributed by atoms with van der Waals surface area (Å²) in [6, 6.07) is 11.1. The van der Waals surface area contributed by atoms with Gasteiger partial charge in [0.15, 0.2) is 0 Å². The molecule has 2 aromatic rings. The Hall–Kier alpha value is -1.38. The second-order valence-corrected chi connectivity index (χ2v) is 6.97. The minimum atomic E-state index is 0. The monoisotopic (exact) mass is 329 g/mol. The summed E-state index contributed by atoms with van der Waals surface area (Å²) in [5.41, 5.74) is 10.7. The number of hydrogen-bond donors (Lipinski definition) is 1. The Kier molecular flexibility index (Phi) is 9.02.